The SMILES string of the molecule is CCC(NC=O)SC(Cl)=C[N+](=O)[O-]. The lowest BCUT2D eigenvalue weighted by Gasteiger charge is -2.10. The smallest absolute Gasteiger partial charge is 0.259 e. The fraction of sp³-hybridized carbons (Fsp3) is 0.500. The average Bonchev–Trinajstić information content (AvgIpc) is 2.02. The number of halogens is 1. The minimum absolute atomic E-state index is 0.0474. The molecule has 7 heteroatoms. The van der Waals surface area contributed by atoms with Gasteiger partial charge in [-0.1, -0.05) is 30.3 Å². The summed E-state index contributed by atoms with van der Waals surface area (Å²) in [6.07, 6.45) is 1.88. The van der Waals surface area contributed by atoms with E-state index in [0.29, 0.717) is 19.0 Å². The molecule has 0 aromatic heterocycles. The van der Waals surface area contributed by atoms with Gasteiger partial charge in [0, 0.05) is 0 Å². The second kappa shape index (κ2) is 6.73. The molecular formula is C6H9ClN2O3S. The van der Waals surface area contributed by atoms with Crippen molar-refractivity contribution in [3.8, 4) is 0 Å². The Hall–Kier alpha value is -0.750. The van der Waals surface area contributed by atoms with Crippen molar-refractivity contribution in [1.82, 2.24) is 5.32 Å². The number of hydrogen-bond donors (Lipinski definition) is 1. The summed E-state index contributed by atoms with van der Waals surface area (Å²) in [5, 5.41) is 12.2. The van der Waals surface area contributed by atoms with E-state index in [-0.39, 0.29) is 9.74 Å². The third-order valence-electron chi connectivity index (χ3n) is 1.09. The lowest BCUT2D eigenvalue weighted by molar-refractivity contribution is -0.402. The van der Waals surface area contributed by atoms with Gasteiger partial charge in [0.1, 0.15) is 4.36 Å². The number of amides is 1. The molecule has 0 bridgehead atoms. The van der Waals surface area contributed by atoms with E-state index >= 15 is 0 Å². The highest BCUT2D eigenvalue weighted by Gasteiger charge is 2.09. The van der Waals surface area contributed by atoms with E-state index in [0.717, 1.165) is 11.8 Å². The van der Waals surface area contributed by atoms with Crippen LogP contribution in [0.3, 0.4) is 0 Å². The van der Waals surface area contributed by atoms with E-state index in [4.69, 9.17) is 11.6 Å². The Morgan fingerprint density at radius 2 is 2.46 bits per heavy atom. The summed E-state index contributed by atoms with van der Waals surface area (Å²) in [5.74, 6) is 0. The molecule has 5 nitrogen and oxygen atoms in total. The lowest BCUT2D eigenvalue weighted by Crippen LogP contribution is -2.23. The van der Waals surface area contributed by atoms with Gasteiger partial charge in [-0.15, -0.1) is 0 Å². The first-order valence-corrected chi connectivity index (χ1v) is 4.73. The maximum atomic E-state index is 10.1. The molecule has 1 N–H and O–H groups in total. The standard InChI is InChI=1S/C6H9ClN2O3S/c1-2-6(8-4-10)13-5(7)3-9(11)12/h3-4,6H,2H2,1H3,(H,8,10). The molecule has 0 radical (unpaired) electrons. The number of carbonyl (C=O) groups is 1. The van der Waals surface area contributed by atoms with Crippen molar-refractivity contribution in [2.24, 2.45) is 0 Å². The van der Waals surface area contributed by atoms with Crippen LogP contribution in [0.2, 0.25) is 0 Å². The van der Waals surface area contributed by atoms with Gasteiger partial charge in [0.25, 0.3) is 6.20 Å². The molecule has 0 spiro atoms. The second-order valence-corrected chi connectivity index (χ2v) is 3.89. The molecule has 0 aliphatic heterocycles. The van der Waals surface area contributed by atoms with Crippen LogP contribution in [-0.4, -0.2) is 16.7 Å². The Morgan fingerprint density at radius 3 is 2.85 bits per heavy atom. The molecular weight excluding hydrogens is 216 g/mol. The van der Waals surface area contributed by atoms with Gasteiger partial charge in [0.05, 0.1) is 10.3 Å². The average molecular weight is 225 g/mol. The Balaban J connectivity index is 4.06. The number of rotatable bonds is 6. The van der Waals surface area contributed by atoms with Crippen molar-refractivity contribution in [1.29, 1.82) is 0 Å². The van der Waals surface area contributed by atoms with Crippen LogP contribution in [-0.2, 0) is 4.79 Å². The summed E-state index contributed by atoms with van der Waals surface area (Å²) in [4.78, 5) is 19.4. The van der Waals surface area contributed by atoms with Crippen LogP contribution in [0, 0.1) is 10.1 Å². The van der Waals surface area contributed by atoms with Crippen LogP contribution in [0.4, 0.5) is 0 Å². The maximum absolute atomic E-state index is 10.1. The summed E-state index contributed by atoms with van der Waals surface area (Å²) < 4.78 is 0.0474. The Bertz CT molecular complexity index is 222. The topological polar surface area (TPSA) is 72.2 Å². The Kier molecular flexibility index (Phi) is 6.34. The molecule has 1 atom stereocenters. The highest BCUT2D eigenvalue weighted by Crippen LogP contribution is 2.25. The van der Waals surface area contributed by atoms with Gasteiger partial charge in [-0.05, 0) is 6.42 Å². The molecule has 0 aromatic carbocycles. The minimum Gasteiger partial charge on any atom is -0.347 e. The van der Waals surface area contributed by atoms with Crippen molar-refractivity contribution in [3.63, 3.8) is 0 Å². The number of nitro groups is 1. The predicted octanol–water partition coefficient (Wildman–Crippen LogP) is 1.52. The molecule has 0 fully saturated rings. The highest BCUT2D eigenvalue weighted by molar-refractivity contribution is 8.05. The van der Waals surface area contributed by atoms with Crippen molar-refractivity contribution < 1.29 is 9.72 Å². The zero-order valence-electron chi connectivity index (χ0n) is 6.90. The summed E-state index contributed by atoms with van der Waals surface area (Å²) in [5.41, 5.74) is 0. The van der Waals surface area contributed by atoms with Crippen LogP contribution < -0.4 is 5.32 Å². The molecule has 0 aliphatic rings. The van der Waals surface area contributed by atoms with E-state index < -0.39 is 4.92 Å². The van der Waals surface area contributed by atoms with E-state index in [1.807, 2.05) is 6.92 Å². The minimum atomic E-state index is -0.636. The normalized spacial score (nSPS) is 13.5. The zero-order valence-corrected chi connectivity index (χ0v) is 8.47. The predicted molar refractivity (Wildman–Crippen MR) is 51.8 cm³/mol. The van der Waals surface area contributed by atoms with Gasteiger partial charge >= 0.3 is 0 Å². The van der Waals surface area contributed by atoms with Gasteiger partial charge < -0.3 is 5.32 Å². The quantitative estimate of drug-likeness (QED) is 0.321. The monoisotopic (exact) mass is 224 g/mol. The largest absolute Gasteiger partial charge is 0.347 e. The van der Waals surface area contributed by atoms with E-state index in [1.54, 1.807) is 0 Å². The summed E-state index contributed by atoms with van der Waals surface area (Å²) in [6.45, 7) is 1.84. The van der Waals surface area contributed by atoms with Gasteiger partial charge in [-0.3, -0.25) is 14.9 Å². The number of nitrogens with zero attached hydrogens (tertiary/aromatic N) is 1. The molecule has 0 heterocycles. The highest BCUT2D eigenvalue weighted by atomic mass is 35.5. The molecule has 13 heavy (non-hydrogen) atoms. The molecule has 0 saturated carbocycles. The van der Waals surface area contributed by atoms with Gasteiger partial charge in [0.15, 0.2) is 0 Å². The fourth-order valence-electron chi connectivity index (χ4n) is 0.560. The van der Waals surface area contributed by atoms with Gasteiger partial charge in [0.2, 0.25) is 6.41 Å². The second-order valence-electron chi connectivity index (χ2n) is 2.02. The van der Waals surface area contributed by atoms with Crippen LogP contribution in [0.1, 0.15) is 13.3 Å². The third-order valence-corrected chi connectivity index (χ3v) is 2.54. The van der Waals surface area contributed by atoms with Crippen LogP contribution in [0.25, 0.3) is 0 Å². The number of carbonyl (C=O) groups excluding carboxylic acids is 1. The van der Waals surface area contributed by atoms with E-state index in [1.165, 1.54) is 0 Å². The van der Waals surface area contributed by atoms with Crippen LogP contribution in [0.15, 0.2) is 10.6 Å². The molecule has 0 saturated heterocycles. The molecule has 0 aliphatic carbocycles. The molecule has 1 unspecified atom stereocenters. The summed E-state index contributed by atoms with van der Waals surface area (Å²) in [7, 11) is 0. The number of nitrogens with one attached hydrogen (secondary N) is 1. The van der Waals surface area contributed by atoms with Crippen molar-refractivity contribution in [3.05, 3.63) is 20.7 Å². The van der Waals surface area contributed by atoms with E-state index in [9.17, 15) is 14.9 Å². The first kappa shape index (κ1) is 12.2. The molecule has 0 rings (SSSR count). The Labute approximate surface area is 84.7 Å². The zero-order chi connectivity index (χ0) is 10.3. The van der Waals surface area contributed by atoms with Gasteiger partial charge in [-0.25, -0.2) is 0 Å². The lowest BCUT2D eigenvalue weighted by atomic mass is 10.5. The molecule has 74 valence electrons. The first-order valence-electron chi connectivity index (χ1n) is 3.47. The van der Waals surface area contributed by atoms with Crippen molar-refractivity contribution >= 4 is 29.8 Å². The van der Waals surface area contributed by atoms with Gasteiger partial charge in [-0.2, -0.15) is 0 Å². The molecule has 1 amide bonds. The van der Waals surface area contributed by atoms with Crippen molar-refractivity contribution in [2.45, 2.75) is 18.7 Å². The third kappa shape index (κ3) is 6.41. The van der Waals surface area contributed by atoms with Crippen LogP contribution >= 0.6 is 23.4 Å². The fourth-order valence-corrected chi connectivity index (χ4v) is 1.67. The Morgan fingerprint density at radius 1 is 1.85 bits per heavy atom. The summed E-state index contributed by atoms with van der Waals surface area (Å²) in [6, 6.07) is 0. The molecule has 0 aromatic rings. The first-order chi connectivity index (χ1) is 6.10. The number of thioether (sulfide) groups is 1. The van der Waals surface area contributed by atoms with E-state index in [2.05, 4.69) is 5.32 Å². The maximum Gasteiger partial charge on any atom is 0.259 e. The van der Waals surface area contributed by atoms with Crippen LogP contribution in [0.5, 0.6) is 0 Å². The van der Waals surface area contributed by atoms with Crippen molar-refractivity contribution in [2.75, 3.05) is 0 Å². The number of hydrogen-bond acceptors (Lipinski definition) is 4. The summed E-state index contributed by atoms with van der Waals surface area (Å²) >= 11 is 6.55.